The normalized spacial score (nSPS) is 8.88. The molecule has 0 N–H and O–H groups in total. The summed E-state index contributed by atoms with van der Waals surface area (Å²) in [7, 11) is -1.37. The monoisotopic (exact) mass is 260 g/mol. The van der Waals surface area contributed by atoms with Gasteiger partial charge in [0.15, 0.2) is 9.84 Å². The Morgan fingerprint density at radius 1 is 1.00 bits per heavy atom. The molecule has 0 aromatic carbocycles. The van der Waals surface area contributed by atoms with Gasteiger partial charge < -0.3 is 9.47 Å². The first-order valence-electron chi connectivity index (χ1n) is 3.89. The molecule has 0 aliphatic rings. The summed E-state index contributed by atoms with van der Waals surface area (Å²) in [5.41, 5.74) is 0. The minimum Gasteiger partial charge on any atom is -0.385 e. The van der Waals surface area contributed by atoms with Crippen molar-refractivity contribution in [3.63, 3.8) is 0 Å². The fourth-order valence-corrected chi connectivity index (χ4v) is 1.11. The Kier molecular flexibility index (Phi) is 32.1. The van der Waals surface area contributed by atoms with Crippen LogP contribution in [0.25, 0.3) is 0 Å². The Balaban J connectivity index is -0.000000101. The molecule has 0 aliphatic heterocycles. The molecule has 5 heteroatoms. The number of hydrogen-bond donors (Lipinski definition) is 0. The molecule has 0 aliphatic carbocycles. The molecule has 0 aromatic rings. The first-order chi connectivity index (χ1) is 5.62. The maximum atomic E-state index is 10.9. The summed E-state index contributed by atoms with van der Waals surface area (Å²) in [6.45, 7) is 2.65. The van der Waals surface area contributed by atoms with Gasteiger partial charge in [-0.1, -0.05) is 36.6 Å². The Bertz CT molecular complexity index is 188. The SMILES string of the molecule is C.C.C.C.CCS(=O)(=O)COCCCOC. The third-order valence-corrected chi connectivity index (χ3v) is 2.75. The molecule has 0 amide bonds. The number of hydrogen-bond acceptors (Lipinski definition) is 4. The second-order valence-electron chi connectivity index (χ2n) is 2.40. The molecule has 4 nitrogen and oxygen atoms in total. The van der Waals surface area contributed by atoms with Crippen LogP contribution in [0.15, 0.2) is 0 Å². The van der Waals surface area contributed by atoms with E-state index in [2.05, 4.69) is 0 Å². The molecule has 0 heterocycles. The maximum Gasteiger partial charge on any atom is 0.173 e. The van der Waals surface area contributed by atoms with Crippen LogP contribution in [-0.2, 0) is 19.3 Å². The zero-order chi connectivity index (χ0) is 9.45. The highest BCUT2D eigenvalue weighted by atomic mass is 32.2. The van der Waals surface area contributed by atoms with E-state index in [1.807, 2.05) is 0 Å². The van der Waals surface area contributed by atoms with Crippen molar-refractivity contribution in [2.24, 2.45) is 0 Å². The first kappa shape index (κ1) is 29.7. The molecule has 106 valence electrons. The molecule has 16 heavy (non-hydrogen) atoms. The highest BCUT2D eigenvalue weighted by molar-refractivity contribution is 7.91. The Morgan fingerprint density at radius 3 is 1.88 bits per heavy atom. The highest BCUT2D eigenvalue weighted by Crippen LogP contribution is 1.91. The van der Waals surface area contributed by atoms with Gasteiger partial charge in [-0.25, -0.2) is 8.42 Å². The predicted octanol–water partition coefficient (Wildman–Crippen LogP) is 2.98. The lowest BCUT2D eigenvalue weighted by atomic mass is 10.5. The van der Waals surface area contributed by atoms with Crippen LogP contribution in [0.1, 0.15) is 43.1 Å². The smallest absolute Gasteiger partial charge is 0.173 e. The van der Waals surface area contributed by atoms with Crippen LogP contribution in [0.4, 0.5) is 0 Å². The zero-order valence-corrected chi connectivity index (χ0v) is 8.39. The van der Waals surface area contributed by atoms with Gasteiger partial charge in [0.2, 0.25) is 0 Å². The Morgan fingerprint density at radius 2 is 1.50 bits per heavy atom. The van der Waals surface area contributed by atoms with E-state index in [-0.39, 0.29) is 41.4 Å². The summed E-state index contributed by atoms with van der Waals surface area (Å²) in [6, 6.07) is 0. The second kappa shape index (κ2) is 17.3. The van der Waals surface area contributed by atoms with Gasteiger partial charge in [-0.15, -0.1) is 0 Å². The average Bonchev–Trinajstić information content (AvgIpc) is 2.04. The fraction of sp³-hybridized carbons (Fsp3) is 1.00. The van der Waals surface area contributed by atoms with Crippen LogP contribution in [0, 0.1) is 0 Å². The standard InChI is InChI=1S/C7H16O4S.4CH4/c1-3-12(8,9)7-11-6-4-5-10-2;;;;/h3-7H2,1-2H3;4*1H4. The average molecular weight is 260 g/mol. The third-order valence-electron chi connectivity index (χ3n) is 1.34. The van der Waals surface area contributed by atoms with Crippen LogP contribution in [0.3, 0.4) is 0 Å². The molecule has 0 radical (unpaired) electrons. The molecule has 0 atom stereocenters. The van der Waals surface area contributed by atoms with E-state index in [1.165, 1.54) is 0 Å². The number of sulfone groups is 1. The van der Waals surface area contributed by atoms with Gasteiger partial charge in [0.1, 0.15) is 5.94 Å². The van der Waals surface area contributed by atoms with E-state index in [1.54, 1.807) is 14.0 Å². The van der Waals surface area contributed by atoms with Crippen LogP contribution < -0.4 is 0 Å². The molecule has 0 saturated carbocycles. The summed E-state index contributed by atoms with van der Waals surface area (Å²) in [6.07, 6.45) is 0.732. The summed E-state index contributed by atoms with van der Waals surface area (Å²) in [5.74, 6) is -0.0372. The van der Waals surface area contributed by atoms with E-state index in [0.717, 1.165) is 6.42 Å². The highest BCUT2D eigenvalue weighted by Gasteiger charge is 2.05. The molecular formula is C11H32O4S. The molecule has 0 spiro atoms. The van der Waals surface area contributed by atoms with E-state index in [0.29, 0.717) is 13.2 Å². The lowest BCUT2D eigenvalue weighted by molar-refractivity contribution is 0.128. The van der Waals surface area contributed by atoms with Gasteiger partial charge in [-0.2, -0.15) is 0 Å². The van der Waals surface area contributed by atoms with E-state index < -0.39 is 9.84 Å². The Hall–Kier alpha value is -0.130. The first-order valence-corrected chi connectivity index (χ1v) is 5.71. The summed E-state index contributed by atoms with van der Waals surface area (Å²) in [4.78, 5) is 0. The van der Waals surface area contributed by atoms with Crippen molar-refractivity contribution in [3.8, 4) is 0 Å². The van der Waals surface area contributed by atoms with Crippen molar-refractivity contribution >= 4 is 9.84 Å². The number of rotatable bonds is 7. The molecule has 0 fully saturated rings. The van der Waals surface area contributed by atoms with Crippen LogP contribution in [-0.4, -0.2) is 40.4 Å². The molecule has 0 saturated heterocycles. The van der Waals surface area contributed by atoms with E-state index >= 15 is 0 Å². The zero-order valence-electron chi connectivity index (χ0n) is 7.58. The Labute approximate surface area is 103 Å². The van der Waals surface area contributed by atoms with Crippen molar-refractivity contribution in [1.29, 1.82) is 0 Å². The van der Waals surface area contributed by atoms with Gasteiger partial charge in [-0.3, -0.25) is 0 Å². The molecule has 0 unspecified atom stereocenters. The fourth-order valence-electron chi connectivity index (χ4n) is 0.575. The quantitative estimate of drug-likeness (QED) is 0.660. The molecule has 0 bridgehead atoms. The van der Waals surface area contributed by atoms with E-state index in [9.17, 15) is 8.42 Å². The van der Waals surface area contributed by atoms with Crippen molar-refractivity contribution in [2.75, 3.05) is 32.0 Å². The van der Waals surface area contributed by atoms with Crippen LogP contribution in [0.2, 0.25) is 0 Å². The van der Waals surface area contributed by atoms with Gasteiger partial charge in [0.25, 0.3) is 0 Å². The van der Waals surface area contributed by atoms with Gasteiger partial charge >= 0.3 is 0 Å². The largest absolute Gasteiger partial charge is 0.385 e. The topological polar surface area (TPSA) is 52.6 Å². The van der Waals surface area contributed by atoms with Crippen LogP contribution >= 0.6 is 0 Å². The minimum absolute atomic E-state index is 0. The number of ether oxygens (including phenoxy) is 2. The van der Waals surface area contributed by atoms with Gasteiger partial charge in [0.05, 0.1) is 6.61 Å². The van der Waals surface area contributed by atoms with Crippen molar-refractivity contribution in [1.82, 2.24) is 0 Å². The lowest BCUT2D eigenvalue weighted by Gasteiger charge is -2.02. The van der Waals surface area contributed by atoms with Crippen molar-refractivity contribution in [3.05, 3.63) is 0 Å². The third kappa shape index (κ3) is 19.4. The predicted molar refractivity (Wildman–Crippen MR) is 73.7 cm³/mol. The summed E-state index contributed by atoms with van der Waals surface area (Å²) < 4.78 is 31.4. The van der Waals surface area contributed by atoms with E-state index in [4.69, 9.17) is 9.47 Å². The minimum atomic E-state index is -2.97. The molecule has 0 rings (SSSR count). The van der Waals surface area contributed by atoms with Gasteiger partial charge in [0, 0.05) is 19.5 Å². The second-order valence-corrected chi connectivity index (χ2v) is 4.70. The van der Waals surface area contributed by atoms with Crippen LogP contribution in [0.5, 0.6) is 0 Å². The molecular weight excluding hydrogens is 228 g/mol. The summed E-state index contributed by atoms with van der Waals surface area (Å²) >= 11 is 0. The summed E-state index contributed by atoms with van der Waals surface area (Å²) in [5, 5.41) is 0. The van der Waals surface area contributed by atoms with Crippen molar-refractivity contribution < 1.29 is 17.9 Å². The van der Waals surface area contributed by atoms with Crippen molar-refractivity contribution in [2.45, 2.75) is 43.1 Å². The number of methoxy groups -OCH3 is 1. The molecule has 0 aromatic heterocycles. The maximum absolute atomic E-state index is 10.9. The van der Waals surface area contributed by atoms with Gasteiger partial charge in [-0.05, 0) is 6.42 Å². The lowest BCUT2D eigenvalue weighted by Crippen LogP contribution is -2.12.